The monoisotopic (exact) mass is 427 g/mol. The fourth-order valence-electron chi connectivity index (χ4n) is 3.20. The molecule has 1 fully saturated rings. The van der Waals surface area contributed by atoms with Crippen LogP contribution in [0.5, 0.6) is 5.75 Å². The standard InChI is InChI=1S/C19H22ClN3O4.ClH/c1-11-8-13(12(2)27-11)18(24)22-4-6-23(7-5-22)19(25)14-9-15(20)16(21)10-17(14)26-3;/h8-10H,4-7,21H2,1-3H3;1H. The van der Waals surface area contributed by atoms with Gasteiger partial charge < -0.3 is 24.7 Å². The van der Waals surface area contributed by atoms with E-state index in [1.165, 1.54) is 13.2 Å². The van der Waals surface area contributed by atoms with Crippen molar-refractivity contribution >= 4 is 41.5 Å². The van der Waals surface area contributed by atoms with Crippen LogP contribution in [0.3, 0.4) is 0 Å². The number of nitrogen functional groups attached to an aromatic ring is 1. The third-order valence-corrected chi connectivity index (χ3v) is 5.00. The first-order chi connectivity index (χ1) is 12.8. The molecule has 152 valence electrons. The first kappa shape index (κ1) is 21.9. The number of halogens is 2. The molecule has 0 unspecified atom stereocenters. The summed E-state index contributed by atoms with van der Waals surface area (Å²) in [5.41, 5.74) is 7.06. The van der Waals surface area contributed by atoms with Gasteiger partial charge in [0, 0.05) is 32.2 Å². The van der Waals surface area contributed by atoms with Gasteiger partial charge in [0.1, 0.15) is 17.3 Å². The maximum atomic E-state index is 12.9. The van der Waals surface area contributed by atoms with Crippen LogP contribution in [0.15, 0.2) is 22.6 Å². The highest BCUT2D eigenvalue weighted by molar-refractivity contribution is 6.33. The van der Waals surface area contributed by atoms with Crippen molar-refractivity contribution in [3.05, 3.63) is 45.9 Å². The lowest BCUT2D eigenvalue weighted by Gasteiger charge is -2.35. The van der Waals surface area contributed by atoms with E-state index in [-0.39, 0.29) is 24.2 Å². The number of aryl methyl sites for hydroxylation is 2. The average Bonchev–Trinajstić information content (AvgIpc) is 3.00. The van der Waals surface area contributed by atoms with Gasteiger partial charge in [-0.3, -0.25) is 9.59 Å². The van der Waals surface area contributed by atoms with Gasteiger partial charge in [0.05, 0.1) is 28.9 Å². The topological polar surface area (TPSA) is 89.0 Å². The number of hydrogen-bond acceptors (Lipinski definition) is 5. The highest BCUT2D eigenvalue weighted by atomic mass is 35.5. The largest absolute Gasteiger partial charge is 0.496 e. The lowest BCUT2D eigenvalue weighted by Crippen LogP contribution is -2.50. The van der Waals surface area contributed by atoms with Crippen LogP contribution >= 0.6 is 24.0 Å². The second kappa shape index (κ2) is 8.75. The number of rotatable bonds is 3. The maximum absolute atomic E-state index is 12.9. The van der Waals surface area contributed by atoms with Crippen molar-refractivity contribution in [2.75, 3.05) is 39.0 Å². The third kappa shape index (κ3) is 4.20. The Labute approximate surface area is 174 Å². The summed E-state index contributed by atoms with van der Waals surface area (Å²) >= 11 is 6.06. The zero-order chi connectivity index (χ0) is 19.7. The number of hydrogen-bond donors (Lipinski definition) is 1. The SMILES string of the molecule is COc1cc(N)c(Cl)cc1C(=O)N1CCN(C(=O)c2cc(C)oc2C)CC1.Cl. The van der Waals surface area contributed by atoms with Crippen LogP contribution < -0.4 is 10.5 Å². The first-order valence-corrected chi connectivity index (χ1v) is 8.98. The number of methoxy groups -OCH3 is 1. The summed E-state index contributed by atoms with van der Waals surface area (Å²) in [7, 11) is 1.48. The number of amides is 2. The second-order valence-electron chi connectivity index (χ2n) is 6.49. The van der Waals surface area contributed by atoms with Gasteiger partial charge in [-0.1, -0.05) is 11.6 Å². The molecule has 2 N–H and O–H groups in total. The van der Waals surface area contributed by atoms with Crippen LogP contribution in [0.25, 0.3) is 0 Å². The van der Waals surface area contributed by atoms with E-state index in [1.807, 2.05) is 6.92 Å². The van der Waals surface area contributed by atoms with Gasteiger partial charge in [0.15, 0.2) is 0 Å². The van der Waals surface area contributed by atoms with Gasteiger partial charge >= 0.3 is 0 Å². The molecule has 0 bridgehead atoms. The number of nitrogens with two attached hydrogens (primary N) is 1. The van der Waals surface area contributed by atoms with Gasteiger partial charge in [-0.2, -0.15) is 0 Å². The van der Waals surface area contributed by atoms with E-state index in [0.717, 1.165) is 0 Å². The average molecular weight is 428 g/mol. The molecule has 1 aromatic carbocycles. The predicted molar refractivity (Wildman–Crippen MR) is 110 cm³/mol. The van der Waals surface area contributed by atoms with Gasteiger partial charge in [-0.05, 0) is 26.0 Å². The van der Waals surface area contributed by atoms with E-state index in [0.29, 0.717) is 65.3 Å². The smallest absolute Gasteiger partial charge is 0.257 e. The molecular weight excluding hydrogens is 405 g/mol. The molecule has 2 amide bonds. The van der Waals surface area contributed by atoms with Crippen molar-refractivity contribution in [2.24, 2.45) is 0 Å². The van der Waals surface area contributed by atoms with Gasteiger partial charge in [0.25, 0.3) is 11.8 Å². The van der Waals surface area contributed by atoms with Crippen molar-refractivity contribution < 1.29 is 18.7 Å². The molecule has 1 aliphatic heterocycles. The van der Waals surface area contributed by atoms with E-state index in [2.05, 4.69) is 0 Å². The number of nitrogens with zero attached hydrogens (tertiary/aromatic N) is 2. The fourth-order valence-corrected chi connectivity index (χ4v) is 3.37. The van der Waals surface area contributed by atoms with E-state index in [1.54, 1.807) is 28.9 Å². The molecule has 2 heterocycles. The highest BCUT2D eigenvalue weighted by Gasteiger charge is 2.28. The fraction of sp³-hybridized carbons (Fsp3) is 0.368. The molecule has 1 aliphatic rings. The summed E-state index contributed by atoms with van der Waals surface area (Å²) in [6.07, 6.45) is 0. The minimum Gasteiger partial charge on any atom is -0.496 e. The molecule has 1 aromatic heterocycles. The third-order valence-electron chi connectivity index (χ3n) is 4.67. The predicted octanol–water partition coefficient (Wildman–Crippen LogP) is 3.16. The van der Waals surface area contributed by atoms with Crippen molar-refractivity contribution in [3.63, 3.8) is 0 Å². The van der Waals surface area contributed by atoms with Crippen LogP contribution in [0.2, 0.25) is 5.02 Å². The van der Waals surface area contributed by atoms with Crippen LogP contribution in [0.4, 0.5) is 5.69 Å². The molecule has 0 radical (unpaired) electrons. The van der Waals surface area contributed by atoms with Crippen LogP contribution in [0.1, 0.15) is 32.2 Å². The van der Waals surface area contributed by atoms with Crippen molar-refractivity contribution in [3.8, 4) is 5.75 Å². The molecule has 28 heavy (non-hydrogen) atoms. The normalized spacial score (nSPS) is 13.9. The van der Waals surface area contributed by atoms with Gasteiger partial charge in [0.2, 0.25) is 0 Å². The molecule has 3 rings (SSSR count). The van der Waals surface area contributed by atoms with Crippen LogP contribution in [-0.4, -0.2) is 54.9 Å². The van der Waals surface area contributed by atoms with E-state index >= 15 is 0 Å². The summed E-state index contributed by atoms with van der Waals surface area (Å²) in [6, 6.07) is 4.81. The number of carbonyl (C=O) groups excluding carboxylic acids is 2. The summed E-state index contributed by atoms with van der Waals surface area (Å²) in [4.78, 5) is 29.0. The maximum Gasteiger partial charge on any atom is 0.257 e. The number of anilines is 1. The van der Waals surface area contributed by atoms with Gasteiger partial charge in [-0.25, -0.2) is 0 Å². The molecule has 0 saturated carbocycles. The molecule has 1 saturated heterocycles. The Morgan fingerprint density at radius 1 is 1.04 bits per heavy atom. The lowest BCUT2D eigenvalue weighted by molar-refractivity contribution is 0.0532. The van der Waals surface area contributed by atoms with Crippen molar-refractivity contribution in [2.45, 2.75) is 13.8 Å². The summed E-state index contributed by atoms with van der Waals surface area (Å²) in [5.74, 6) is 1.42. The van der Waals surface area contributed by atoms with E-state index in [9.17, 15) is 9.59 Å². The zero-order valence-corrected chi connectivity index (χ0v) is 17.5. The summed E-state index contributed by atoms with van der Waals surface area (Å²) < 4.78 is 10.7. The molecule has 2 aromatic rings. The minimum absolute atomic E-state index is 0. The minimum atomic E-state index is -0.198. The molecule has 7 nitrogen and oxygen atoms in total. The van der Waals surface area contributed by atoms with Crippen LogP contribution in [-0.2, 0) is 0 Å². The Hall–Kier alpha value is -2.38. The molecule has 0 atom stereocenters. The summed E-state index contributed by atoms with van der Waals surface area (Å²) in [6.45, 7) is 5.32. The second-order valence-corrected chi connectivity index (χ2v) is 6.89. The molecule has 0 spiro atoms. The summed E-state index contributed by atoms with van der Waals surface area (Å²) in [5, 5.41) is 0.304. The lowest BCUT2D eigenvalue weighted by atomic mass is 10.1. The van der Waals surface area contributed by atoms with Crippen molar-refractivity contribution in [1.82, 2.24) is 9.80 Å². The quantitative estimate of drug-likeness (QED) is 0.759. The van der Waals surface area contributed by atoms with Crippen molar-refractivity contribution in [1.29, 1.82) is 0 Å². The Balaban J connectivity index is 0.00000280. The number of piperazine rings is 1. The Kier molecular flexibility index (Phi) is 6.85. The number of carbonyl (C=O) groups is 2. The number of benzene rings is 1. The zero-order valence-electron chi connectivity index (χ0n) is 16.0. The number of ether oxygens (including phenoxy) is 1. The number of furan rings is 1. The highest BCUT2D eigenvalue weighted by Crippen LogP contribution is 2.30. The molecule has 9 heteroatoms. The van der Waals surface area contributed by atoms with Crippen LogP contribution in [0, 0.1) is 13.8 Å². The van der Waals surface area contributed by atoms with E-state index in [4.69, 9.17) is 26.5 Å². The Morgan fingerprint density at radius 3 is 2.04 bits per heavy atom. The first-order valence-electron chi connectivity index (χ1n) is 8.60. The molecule has 0 aliphatic carbocycles. The Morgan fingerprint density at radius 2 is 1.57 bits per heavy atom. The van der Waals surface area contributed by atoms with E-state index < -0.39 is 0 Å². The molecular formula is C19H23Cl2N3O4. The van der Waals surface area contributed by atoms with Gasteiger partial charge in [-0.15, -0.1) is 12.4 Å². The Bertz CT molecular complexity index is 890.